The molecule has 0 bridgehead atoms. The summed E-state index contributed by atoms with van der Waals surface area (Å²) >= 11 is 0. The van der Waals surface area contributed by atoms with Crippen LogP contribution in [0.3, 0.4) is 0 Å². The molecule has 0 saturated heterocycles. The van der Waals surface area contributed by atoms with Crippen LogP contribution in [0.4, 0.5) is 0 Å². The van der Waals surface area contributed by atoms with Crippen LogP contribution < -0.4 is 0 Å². The van der Waals surface area contributed by atoms with Crippen LogP contribution in [0.15, 0.2) is 0 Å². The molecule has 1 saturated carbocycles. The van der Waals surface area contributed by atoms with E-state index in [9.17, 15) is 0 Å². The summed E-state index contributed by atoms with van der Waals surface area (Å²) in [5.74, 6) is 0. The summed E-state index contributed by atoms with van der Waals surface area (Å²) in [6.45, 7) is 0. The van der Waals surface area contributed by atoms with Gasteiger partial charge in [-0.25, -0.2) is 0 Å². The Kier molecular flexibility index (Phi) is 3.83. The highest BCUT2D eigenvalue weighted by atomic mass is 16.5. The average molecular weight is 118 g/mol. The summed E-state index contributed by atoms with van der Waals surface area (Å²) in [6, 6.07) is 0. The van der Waals surface area contributed by atoms with Gasteiger partial charge >= 0.3 is 0 Å². The molecule has 50 valence electrons. The summed E-state index contributed by atoms with van der Waals surface area (Å²) in [4.78, 5) is 0. The van der Waals surface area contributed by atoms with Crippen molar-refractivity contribution < 1.29 is 10.2 Å². The summed E-state index contributed by atoms with van der Waals surface area (Å²) in [7, 11) is 1.80. The van der Waals surface area contributed by atoms with Gasteiger partial charge in [-0.2, -0.15) is 0 Å². The molecule has 0 aliphatic heterocycles. The van der Waals surface area contributed by atoms with Gasteiger partial charge in [-0.1, -0.05) is 12.8 Å². The highest BCUT2D eigenvalue weighted by Gasteiger charge is 2.12. The van der Waals surface area contributed by atoms with Crippen molar-refractivity contribution in [3.05, 3.63) is 0 Å². The van der Waals surface area contributed by atoms with E-state index in [1.165, 1.54) is 25.7 Å². The molecule has 2 nitrogen and oxygen atoms in total. The quantitative estimate of drug-likeness (QED) is 0.501. The first-order valence-electron chi connectivity index (χ1n) is 2.96. The standard InChI is InChI=1S/C6H12O.H2O/c1-7-6-4-2-3-5-6;/h6H,2-5H2,1H3;1H2. The van der Waals surface area contributed by atoms with Gasteiger partial charge in [-0.15, -0.1) is 0 Å². The molecule has 1 fully saturated rings. The van der Waals surface area contributed by atoms with Crippen LogP contribution in [0.1, 0.15) is 25.7 Å². The number of ether oxygens (including phenoxy) is 1. The average Bonchev–Trinajstić information content (AvgIpc) is 2.14. The Morgan fingerprint density at radius 2 is 1.75 bits per heavy atom. The van der Waals surface area contributed by atoms with Crippen molar-refractivity contribution in [1.82, 2.24) is 0 Å². The Labute approximate surface area is 50.2 Å². The third-order valence-corrected chi connectivity index (χ3v) is 1.64. The van der Waals surface area contributed by atoms with Gasteiger partial charge in [0, 0.05) is 7.11 Å². The van der Waals surface area contributed by atoms with Gasteiger partial charge in [-0.3, -0.25) is 0 Å². The Balaban J connectivity index is 0.000000490. The molecule has 1 aliphatic rings. The molecule has 0 radical (unpaired) electrons. The van der Waals surface area contributed by atoms with Crippen LogP contribution in [-0.2, 0) is 4.74 Å². The SMILES string of the molecule is COC1CCCC1.O. The lowest BCUT2D eigenvalue weighted by Crippen LogP contribution is -2.01. The molecule has 0 spiro atoms. The fourth-order valence-electron chi connectivity index (χ4n) is 1.12. The topological polar surface area (TPSA) is 40.7 Å². The van der Waals surface area contributed by atoms with Crippen molar-refractivity contribution in [2.24, 2.45) is 0 Å². The van der Waals surface area contributed by atoms with Gasteiger partial charge in [0.25, 0.3) is 0 Å². The van der Waals surface area contributed by atoms with Crippen LogP contribution in [-0.4, -0.2) is 18.7 Å². The zero-order valence-electron chi connectivity index (χ0n) is 5.31. The molecule has 1 aliphatic carbocycles. The summed E-state index contributed by atoms with van der Waals surface area (Å²) in [5, 5.41) is 0. The Morgan fingerprint density at radius 1 is 1.25 bits per heavy atom. The van der Waals surface area contributed by atoms with Crippen molar-refractivity contribution in [1.29, 1.82) is 0 Å². The van der Waals surface area contributed by atoms with Crippen LogP contribution >= 0.6 is 0 Å². The number of hydrogen-bond donors (Lipinski definition) is 0. The molecule has 2 heteroatoms. The van der Waals surface area contributed by atoms with E-state index in [2.05, 4.69) is 0 Å². The Hall–Kier alpha value is -0.0800. The molecule has 1 rings (SSSR count). The highest BCUT2D eigenvalue weighted by molar-refractivity contribution is 4.65. The maximum atomic E-state index is 5.11. The molecule has 0 unspecified atom stereocenters. The van der Waals surface area contributed by atoms with Crippen molar-refractivity contribution in [2.75, 3.05) is 7.11 Å². The van der Waals surface area contributed by atoms with E-state index in [1.807, 2.05) is 0 Å². The first kappa shape index (κ1) is 7.92. The van der Waals surface area contributed by atoms with Gasteiger partial charge in [-0.05, 0) is 12.8 Å². The molecule has 0 heterocycles. The second-order valence-corrected chi connectivity index (χ2v) is 2.14. The predicted octanol–water partition coefficient (Wildman–Crippen LogP) is 0.751. The van der Waals surface area contributed by atoms with E-state index in [0.717, 1.165) is 0 Å². The Morgan fingerprint density at radius 3 is 2.00 bits per heavy atom. The van der Waals surface area contributed by atoms with Gasteiger partial charge in [0.15, 0.2) is 0 Å². The van der Waals surface area contributed by atoms with Crippen molar-refractivity contribution in [2.45, 2.75) is 31.8 Å². The minimum atomic E-state index is 0. The minimum absolute atomic E-state index is 0. The maximum absolute atomic E-state index is 5.11. The van der Waals surface area contributed by atoms with E-state index < -0.39 is 0 Å². The molecule has 0 atom stereocenters. The highest BCUT2D eigenvalue weighted by Crippen LogP contribution is 2.19. The van der Waals surface area contributed by atoms with Crippen LogP contribution in [0, 0.1) is 0 Å². The zero-order valence-corrected chi connectivity index (χ0v) is 5.31. The smallest absolute Gasteiger partial charge is 0.0571 e. The zero-order chi connectivity index (χ0) is 5.11. The van der Waals surface area contributed by atoms with Gasteiger partial charge in [0.2, 0.25) is 0 Å². The third kappa shape index (κ3) is 1.80. The monoisotopic (exact) mass is 118 g/mol. The lowest BCUT2D eigenvalue weighted by Gasteiger charge is -2.02. The largest absolute Gasteiger partial charge is 0.412 e. The van der Waals surface area contributed by atoms with Crippen molar-refractivity contribution in [3.8, 4) is 0 Å². The number of hydrogen-bond acceptors (Lipinski definition) is 1. The van der Waals surface area contributed by atoms with Crippen molar-refractivity contribution >= 4 is 0 Å². The molecule has 0 amide bonds. The minimum Gasteiger partial charge on any atom is -0.412 e. The summed E-state index contributed by atoms with van der Waals surface area (Å²) < 4.78 is 5.11. The summed E-state index contributed by atoms with van der Waals surface area (Å²) in [5.41, 5.74) is 0. The van der Waals surface area contributed by atoms with E-state index in [4.69, 9.17) is 4.74 Å². The van der Waals surface area contributed by atoms with E-state index in [-0.39, 0.29) is 5.48 Å². The van der Waals surface area contributed by atoms with Gasteiger partial charge in [0.1, 0.15) is 0 Å². The Bertz CT molecular complexity index is 48.5. The summed E-state index contributed by atoms with van der Waals surface area (Å²) in [6.07, 6.45) is 5.92. The van der Waals surface area contributed by atoms with Gasteiger partial charge < -0.3 is 10.2 Å². The molecular formula is C6H14O2. The van der Waals surface area contributed by atoms with Crippen LogP contribution in [0.2, 0.25) is 0 Å². The normalized spacial score (nSPS) is 20.6. The molecule has 0 aromatic rings. The molecular weight excluding hydrogens is 104 g/mol. The lowest BCUT2D eigenvalue weighted by atomic mass is 10.3. The molecule has 0 aromatic carbocycles. The first-order chi connectivity index (χ1) is 3.43. The van der Waals surface area contributed by atoms with E-state index in [1.54, 1.807) is 7.11 Å². The van der Waals surface area contributed by atoms with Crippen LogP contribution in [0.5, 0.6) is 0 Å². The fraction of sp³-hybridized carbons (Fsp3) is 1.00. The fourth-order valence-corrected chi connectivity index (χ4v) is 1.12. The molecule has 0 aromatic heterocycles. The predicted molar refractivity (Wildman–Crippen MR) is 32.9 cm³/mol. The molecule has 8 heavy (non-hydrogen) atoms. The lowest BCUT2D eigenvalue weighted by molar-refractivity contribution is 0.109. The second-order valence-electron chi connectivity index (χ2n) is 2.14. The maximum Gasteiger partial charge on any atom is 0.0571 e. The number of rotatable bonds is 1. The first-order valence-corrected chi connectivity index (χ1v) is 2.96. The van der Waals surface area contributed by atoms with Crippen LogP contribution in [0.25, 0.3) is 0 Å². The number of methoxy groups -OCH3 is 1. The van der Waals surface area contributed by atoms with Crippen molar-refractivity contribution in [3.63, 3.8) is 0 Å². The second kappa shape index (κ2) is 3.87. The van der Waals surface area contributed by atoms with E-state index in [0.29, 0.717) is 6.10 Å². The van der Waals surface area contributed by atoms with E-state index >= 15 is 0 Å². The molecule has 2 N–H and O–H groups in total. The third-order valence-electron chi connectivity index (χ3n) is 1.64. The van der Waals surface area contributed by atoms with Gasteiger partial charge in [0.05, 0.1) is 6.10 Å².